The molecule has 0 unspecified atom stereocenters. The fourth-order valence-electron chi connectivity index (χ4n) is 11.9. The van der Waals surface area contributed by atoms with E-state index in [-0.39, 0.29) is 23.1 Å². The van der Waals surface area contributed by atoms with E-state index in [0.29, 0.717) is 123 Å². The predicted molar refractivity (Wildman–Crippen MR) is 338 cm³/mol. The molecule has 402 valence electrons. The van der Waals surface area contributed by atoms with Crippen LogP contribution in [0.3, 0.4) is 0 Å². The SMILES string of the molecule is CC1=C(C(=O)c2ccccc2)c2cc3[nH]c(c(C)c3C(=O)c3ccccc3)c(-c3ccc(-c4ccccc4)cc3)c3nc(cc4[nH]c(c(C)c4C(=O)c4ccccc4)c(-c4ccc(-c5ccccc5)cc4)c1n2)C(C(=O)c1ccccc1)=C3C. The third-order valence-corrected chi connectivity index (χ3v) is 16.1. The van der Waals surface area contributed by atoms with Crippen molar-refractivity contribution < 1.29 is 19.2 Å². The number of nitrogens with one attached hydrogen (secondary N) is 2. The van der Waals surface area contributed by atoms with Crippen LogP contribution in [-0.4, -0.2) is 43.1 Å². The molecule has 84 heavy (non-hydrogen) atoms. The molecule has 0 aliphatic carbocycles. The van der Waals surface area contributed by atoms with Crippen molar-refractivity contribution in [1.82, 2.24) is 19.9 Å². The number of aryl methyl sites for hydroxylation is 2. The van der Waals surface area contributed by atoms with Gasteiger partial charge in [-0.25, -0.2) is 9.97 Å². The first-order valence-electron chi connectivity index (χ1n) is 28.0. The summed E-state index contributed by atoms with van der Waals surface area (Å²) in [4.78, 5) is 80.5. The van der Waals surface area contributed by atoms with Gasteiger partial charge in [0.25, 0.3) is 0 Å². The van der Waals surface area contributed by atoms with Crippen molar-refractivity contribution in [3.05, 3.63) is 310 Å². The molecule has 8 heteroatoms. The minimum atomic E-state index is -0.253. The number of fused-ring (bicyclic) bond motifs is 8. The summed E-state index contributed by atoms with van der Waals surface area (Å²) in [5.74, 6) is -0.988. The number of nitrogens with zero attached hydrogens (tertiary/aromatic N) is 2. The van der Waals surface area contributed by atoms with E-state index < -0.39 is 0 Å². The molecule has 8 bridgehead atoms. The predicted octanol–water partition coefficient (Wildman–Crippen LogP) is 17.7. The van der Waals surface area contributed by atoms with E-state index in [1.165, 1.54) is 0 Å². The van der Waals surface area contributed by atoms with Crippen LogP contribution >= 0.6 is 0 Å². The Labute approximate surface area is 486 Å². The Morgan fingerprint density at radius 2 is 0.571 bits per heavy atom. The highest BCUT2D eigenvalue weighted by molar-refractivity contribution is 6.36. The smallest absolute Gasteiger partial charge is 0.195 e. The quantitative estimate of drug-likeness (QED) is 0.117. The van der Waals surface area contributed by atoms with Gasteiger partial charge in [0.1, 0.15) is 0 Å². The fraction of sp³-hybridized carbons (Fsp3) is 0.0526. The highest BCUT2D eigenvalue weighted by atomic mass is 16.1. The lowest BCUT2D eigenvalue weighted by Gasteiger charge is -2.10. The molecule has 0 amide bonds. The third-order valence-electron chi connectivity index (χ3n) is 16.1. The van der Waals surface area contributed by atoms with Crippen molar-refractivity contribution in [2.75, 3.05) is 0 Å². The van der Waals surface area contributed by atoms with E-state index in [1.807, 2.05) is 173 Å². The van der Waals surface area contributed by atoms with Gasteiger partial charge in [0.2, 0.25) is 0 Å². The summed E-state index contributed by atoms with van der Waals surface area (Å²) in [6.45, 7) is 7.67. The Morgan fingerprint density at radius 3 is 0.881 bits per heavy atom. The summed E-state index contributed by atoms with van der Waals surface area (Å²) in [5, 5.41) is 0. The normalized spacial score (nSPS) is 12.1. The topological polar surface area (TPSA) is 126 Å². The van der Waals surface area contributed by atoms with E-state index in [2.05, 4.69) is 58.5 Å². The zero-order valence-corrected chi connectivity index (χ0v) is 46.6. The first-order valence-corrected chi connectivity index (χ1v) is 28.0. The zero-order chi connectivity index (χ0) is 57.6. The second kappa shape index (κ2) is 21.8. The lowest BCUT2D eigenvalue weighted by atomic mass is 9.91. The van der Waals surface area contributed by atoms with Gasteiger partial charge in [0, 0.05) is 33.4 Å². The fourth-order valence-corrected chi connectivity index (χ4v) is 11.9. The molecule has 0 atom stereocenters. The van der Waals surface area contributed by atoms with Crippen LogP contribution in [0, 0.1) is 13.8 Å². The monoisotopic (exact) mass is 1090 g/mol. The number of benzene rings is 8. The third kappa shape index (κ3) is 9.35. The van der Waals surface area contributed by atoms with Crippen LogP contribution in [0.2, 0.25) is 0 Å². The van der Waals surface area contributed by atoms with Gasteiger partial charge in [-0.1, -0.05) is 231 Å². The maximum absolute atomic E-state index is 15.5. The average Bonchev–Trinajstić information content (AvgIpc) is 2.04. The lowest BCUT2D eigenvalue weighted by Crippen LogP contribution is -2.04. The number of hydrogen-bond acceptors (Lipinski definition) is 6. The maximum atomic E-state index is 15.5. The number of carbonyl (C=O) groups is 4. The molecule has 2 aliphatic rings. The summed E-state index contributed by atoms with van der Waals surface area (Å²) < 4.78 is 0. The molecule has 2 aliphatic heterocycles. The van der Waals surface area contributed by atoms with Crippen molar-refractivity contribution in [3.8, 4) is 44.5 Å². The van der Waals surface area contributed by atoms with Crippen molar-refractivity contribution in [2.45, 2.75) is 27.7 Å². The summed E-state index contributed by atoms with van der Waals surface area (Å²) >= 11 is 0. The number of ketones is 4. The number of carbonyl (C=O) groups excluding carboxylic acids is 4. The van der Waals surface area contributed by atoms with Crippen LogP contribution < -0.4 is 0 Å². The standard InChI is InChI=1S/C76H54N4O4/c1-45-63(73(81)55-27-15-7-16-28-55)59-43-60-65(75(83)57-31-19-9-20-32-57)47(3)71(79-60)68(54-41-37-52(38-42-54)50-25-13-6-14-26-50)72-48(4)66(76(84)58-33-21-10-22-34-58)62(80-72)44-61-64(74(82)56-29-17-8-18-30-56)46(2)70(78-61)67(69(45)77-59)53-39-35-51(36-40-53)49-23-11-5-12-24-49/h5-44,77,80H,1-4H3. The second-order valence-corrected chi connectivity index (χ2v) is 21.2. The summed E-state index contributed by atoms with van der Waals surface area (Å²) in [7, 11) is 0. The van der Waals surface area contributed by atoms with Crippen LogP contribution in [0.25, 0.3) is 88.9 Å². The van der Waals surface area contributed by atoms with Gasteiger partial charge >= 0.3 is 0 Å². The van der Waals surface area contributed by atoms with E-state index in [0.717, 1.165) is 33.4 Å². The Balaban J connectivity index is 1.23. The highest BCUT2D eigenvalue weighted by Gasteiger charge is 2.33. The van der Waals surface area contributed by atoms with Gasteiger partial charge in [-0.15, -0.1) is 0 Å². The van der Waals surface area contributed by atoms with E-state index in [1.54, 1.807) is 48.5 Å². The summed E-state index contributed by atoms with van der Waals surface area (Å²) in [6.07, 6.45) is 0. The van der Waals surface area contributed by atoms with Gasteiger partial charge < -0.3 is 9.97 Å². The van der Waals surface area contributed by atoms with E-state index >= 15 is 19.2 Å². The zero-order valence-electron chi connectivity index (χ0n) is 46.6. The molecule has 5 heterocycles. The number of H-pyrrole nitrogens is 2. The minimum absolute atomic E-state index is 0.241. The van der Waals surface area contributed by atoms with Crippen LogP contribution in [0.15, 0.2) is 243 Å². The highest BCUT2D eigenvalue weighted by Crippen LogP contribution is 2.45. The van der Waals surface area contributed by atoms with Gasteiger partial charge in [0.05, 0.1) is 67.1 Å². The first kappa shape index (κ1) is 52.4. The van der Waals surface area contributed by atoms with Gasteiger partial charge in [-0.2, -0.15) is 0 Å². The largest absolute Gasteiger partial charge is 0.354 e. The number of aromatic amines is 2. The minimum Gasteiger partial charge on any atom is -0.354 e. The second-order valence-electron chi connectivity index (χ2n) is 21.2. The van der Waals surface area contributed by atoms with Gasteiger partial charge in [-0.05, 0) is 95.5 Å². The molecule has 0 fully saturated rings. The van der Waals surface area contributed by atoms with Crippen LogP contribution in [0.4, 0.5) is 0 Å². The molecule has 8 nitrogen and oxygen atoms in total. The Bertz CT molecular complexity index is 4390. The molecular formula is C76H54N4O4. The molecule has 0 saturated heterocycles. The van der Waals surface area contributed by atoms with Crippen LogP contribution in [0.5, 0.6) is 0 Å². The molecule has 0 radical (unpaired) electrons. The van der Waals surface area contributed by atoms with Gasteiger partial charge in [0.15, 0.2) is 23.1 Å². The summed E-state index contributed by atoms with van der Waals surface area (Å²) in [6, 6.07) is 76.9. The molecule has 3 aromatic heterocycles. The number of aromatic nitrogens is 4. The molecule has 11 aromatic rings. The van der Waals surface area contributed by atoms with Crippen molar-refractivity contribution in [1.29, 1.82) is 0 Å². The number of Topliss-reactive ketones (excluding diaryl/α,β-unsaturated/α-hetero) is 2. The Kier molecular flexibility index (Phi) is 13.6. The molecule has 0 spiro atoms. The maximum Gasteiger partial charge on any atom is 0.195 e. The molecule has 2 N–H and O–H groups in total. The van der Waals surface area contributed by atoms with E-state index in [4.69, 9.17) is 9.97 Å². The summed E-state index contributed by atoms with van der Waals surface area (Å²) in [5.41, 5.74) is 16.3. The number of allylic oxidation sites excluding steroid dienone is 4. The van der Waals surface area contributed by atoms with Crippen LogP contribution in [0.1, 0.15) is 100 Å². The molecule has 13 rings (SSSR count). The molecular weight excluding hydrogens is 1030 g/mol. The van der Waals surface area contributed by atoms with Crippen LogP contribution in [-0.2, 0) is 0 Å². The Hall–Kier alpha value is -11.0. The van der Waals surface area contributed by atoms with Gasteiger partial charge in [-0.3, -0.25) is 19.2 Å². The average molecular weight is 1090 g/mol. The first-order chi connectivity index (χ1) is 41.0. The molecule has 8 aromatic carbocycles. The number of hydrogen-bond donors (Lipinski definition) is 2. The van der Waals surface area contributed by atoms with Crippen molar-refractivity contribution in [3.63, 3.8) is 0 Å². The Morgan fingerprint density at radius 1 is 0.310 bits per heavy atom. The van der Waals surface area contributed by atoms with E-state index in [9.17, 15) is 0 Å². The lowest BCUT2D eigenvalue weighted by molar-refractivity contribution is 0.103. The molecule has 0 saturated carbocycles. The number of rotatable bonds is 12. The van der Waals surface area contributed by atoms with Crippen molar-refractivity contribution >= 4 is 67.5 Å². The van der Waals surface area contributed by atoms with Crippen molar-refractivity contribution in [2.24, 2.45) is 0 Å².